The minimum absolute atomic E-state index is 0.00812. The first kappa shape index (κ1) is 18.9. The van der Waals surface area contributed by atoms with Gasteiger partial charge in [0.15, 0.2) is 0 Å². The largest absolute Gasteiger partial charge is 0.480 e. The molecular formula is C18H18N2O6S. The Hall–Kier alpha value is -2.91. The number of nitrogens with zero attached hydrogens (tertiary/aromatic N) is 2. The van der Waals surface area contributed by atoms with Crippen molar-refractivity contribution < 1.29 is 28.2 Å². The average Bonchev–Trinajstić information content (AvgIpc) is 2.68. The van der Waals surface area contributed by atoms with Crippen LogP contribution in [0.25, 0.3) is 11.1 Å². The second-order valence-electron chi connectivity index (χ2n) is 6.06. The van der Waals surface area contributed by atoms with Crippen LogP contribution >= 0.6 is 0 Å². The number of aliphatic carboxylic acids is 1. The van der Waals surface area contributed by atoms with Crippen LogP contribution in [0.3, 0.4) is 0 Å². The Labute approximate surface area is 156 Å². The molecule has 1 saturated heterocycles. The maximum absolute atomic E-state index is 13.3. The number of rotatable bonds is 4. The number of amides is 1. The van der Waals surface area contributed by atoms with Gasteiger partial charge in [0.05, 0.1) is 11.4 Å². The molecule has 27 heavy (non-hydrogen) atoms. The van der Waals surface area contributed by atoms with E-state index >= 15 is 0 Å². The summed E-state index contributed by atoms with van der Waals surface area (Å²) in [6.07, 6.45) is -1.28. The quantitative estimate of drug-likeness (QED) is 0.822. The van der Waals surface area contributed by atoms with Gasteiger partial charge in [-0.3, -0.25) is 4.79 Å². The highest BCUT2D eigenvalue weighted by molar-refractivity contribution is 7.89. The van der Waals surface area contributed by atoms with Crippen molar-refractivity contribution in [3.05, 3.63) is 54.6 Å². The third kappa shape index (κ3) is 3.64. The predicted octanol–water partition coefficient (Wildman–Crippen LogP) is 1.79. The Morgan fingerprint density at radius 3 is 2.19 bits per heavy atom. The Balaban J connectivity index is 2.04. The number of carbonyl (C=O) groups is 2. The number of benzene rings is 2. The maximum Gasteiger partial charge on any atom is 0.407 e. The molecule has 8 nitrogen and oxygen atoms in total. The van der Waals surface area contributed by atoms with Gasteiger partial charge in [-0.15, -0.1) is 0 Å². The molecule has 1 aliphatic heterocycles. The highest BCUT2D eigenvalue weighted by Crippen LogP contribution is 2.31. The zero-order valence-corrected chi connectivity index (χ0v) is 15.0. The molecule has 0 bridgehead atoms. The zero-order chi connectivity index (χ0) is 19.6. The fourth-order valence-electron chi connectivity index (χ4n) is 3.10. The summed E-state index contributed by atoms with van der Waals surface area (Å²) >= 11 is 0. The van der Waals surface area contributed by atoms with E-state index in [1.807, 2.05) is 6.07 Å². The minimum Gasteiger partial charge on any atom is -0.480 e. The Kier molecular flexibility index (Phi) is 5.15. The van der Waals surface area contributed by atoms with Gasteiger partial charge in [0.1, 0.15) is 6.04 Å². The molecule has 1 unspecified atom stereocenters. The van der Waals surface area contributed by atoms with E-state index in [0.717, 1.165) is 9.21 Å². The van der Waals surface area contributed by atoms with Gasteiger partial charge in [0, 0.05) is 18.7 Å². The lowest BCUT2D eigenvalue weighted by Gasteiger charge is -2.37. The Morgan fingerprint density at radius 2 is 1.56 bits per heavy atom. The van der Waals surface area contributed by atoms with Gasteiger partial charge in [-0.25, -0.2) is 13.2 Å². The average molecular weight is 390 g/mol. The van der Waals surface area contributed by atoms with Crippen LogP contribution in [0.15, 0.2) is 59.5 Å². The molecular weight excluding hydrogens is 372 g/mol. The molecule has 2 aromatic carbocycles. The molecule has 1 aliphatic rings. The molecule has 9 heteroatoms. The number of piperazine rings is 1. The first-order valence-corrected chi connectivity index (χ1v) is 9.63. The van der Waals surface area contributed by atoms with E-state index in [0.29, 0.717) is 11.1 Å². The first-order valence-electron chi connectivity index (χ1n) is 8.19. The van der Waals surface area contributed by atoms with Crippen LogP contribution in [0.5, 0.6) is 0 Å². The molecule has 142 valence electrons. The molecule has 1 heterocycles. The van der Waals surface area contributed by atoms with Crippen LogP contribution in [0.1, 0.15) is 0 Å². The molecule has 0 spiro atoms. The lowest BCUT2D eigenvalue weighted by atomic mass is 10.1. The number of hydrogen-bond donors (Lipinski definition) is 2. The number of carboxylic acid groups (broad SMARTS) is 2. The summed E-state index contributed by atoms with van der Waals surface area (Å²) in [5.41, 5.74) is 1.15. The van der Waals surface area contributed by atoms with Crippen LogP contribution in [0, 0.1) is 0 Å². The van der Waals surface area contributed by atoms with Crippen molar-refractivity contribution in [1.29, 1.82) is 0 Å². The highest BCUT2D eigenvalue weighted by Gasteiger charge is 2.42. The van der Waals surface area contributed by atoms with Gasteiger partial charge >= 0.3 is 12.1 Å². The van der Waals surface area contributed by atoms with Crippen LogP contribution < -0.4 is 0 Å². The van der Waals surface area contributed by atoms with Crippen molar-refractivity contribution in [2.75, 3.05) is 19.6 Å². The summed E-state index contributed by atoms with van der Waals surface area (Å²) in [4.78, 5) is 23.7. The van der Waals surface area contributed by atoms with Crippen molar-refractivity contribution in [2.45, 2.75) is 10.9 Å². The molecule has 1 amide bonds. The van der Waals surface area contributed by atoms with Crippen LogP contribution in [-0.2, 0) is 14.8 Å². The fraction of sp³-hybridized carbons (Fsp3) is 0.222. The third-order valence-electron chi connectivity index (χ3n) is 4.45. The lowest BCUT2D eigenvalue weighted by molar-refractivity contribution is -0.142. The first-order chi connectivity index (χ1) is 12.8. The standard InChI is InChI=1S/C18H18N2O6S/c21-17(22)15-12-19(18(23)24)10-11-20(15)27(25,26)16-9-5-4-8-14(16)13-6-2-1-3-7-13/h1-9,15H,10-12H2,(H,21,22)(H,23,24). The van der Waals surface area contributed by atoms with Gasteiger partial charge < -0.3 is 15.1 Å². The molecule has 1 atom stereocenters. The summed E-state index contributed by atoms with van der Waals surface area (Å²) < 4.78 is 27.4. The smallest absolute Gasteiger partial charge is 0.407 e. The monoisotopic (exact) mass is 390 g/mol. The molecule has 0 aromatic heterocycles. The maximum atomic E-state index is 13.3. The van der Waals surface area contributed by atoms with Gasteiger partial charge in [0.25, 0.3) is 0 Å². The van der Waals surface area contributed by atoms with Crippen molar-refractivity contribution in [1.82, 2.24) is 9.21 Å². The Bertz CT molecular complexity index is 961. The summed E-state index contributed by atoms with van der Waals surface area (Å²) in [5, 5.41) is 18.6. The lowest BCUT2D eigenvalue weighted by Crippen LogP contribution is -2.59. The topological polar surface area (TPSA) is 115 Å². The van der Waals surface area contributed by atoms with Crippen molar-refractivity contribution in [2.24, 2.45) is 0 Å². The molecule has 2 N–H and O–H groups in total. The Morgan fingerprint density at radius 1 is 0.926 bits per heavy atom. The second-order valence-corrected chi connectivity index (χ2v) is 7.92. The predicted molar refractivity (Wildman–Crippen MR) is 96.8 cm³/mol. The molecule has 0 aliphatic carbocycles. The summed E-state index contributed by atoms with van der Waals surface area (Å²) in [6.45, 7) is -0.738. The normalized spacial score (nSPS) is 18.2. The molecule has 3 rings (SSSR count). The van der Waals surface area contributed by atoms with E-state index in [9.17, 15) is 23.1 Å². The molecule has 2 aromatic rings. The van der Waals surface area contributed by atoms with Gasteiger partial charge in [0.2, 0.25) is 10.0 Å². The number of carboxylic acids is 1. The van der Waals surface area contributed by atoms with Crippen molar-refractivity contribution in [3.63, 3.8) is 0 Å². The van der Waals surface area contributed by atoms with Crippen molar-refractivity contribution in [3.8, 4) is 11.1 Å². The van der Waals surface area contributed by atoms with Crippen LogP contribution in [-0.4, -0.2) is 65.6 Å². The third-order valence-corrected chi connectivity index (χ3v) is 6.41. The van der Waals surface area contributed by atoms with Crippen molar-refractivity contribution >= 4 is 22.1 Å². The van der Waals surface area contributed by atoms with E-state index in [-0.39, 0.29) is 18.0 Å². The van der Waals surface area contributed by atoms with E-state index in [4.69, 9.17) is 5.11 Å². The summed E-state index contributed by atoms with van der Waals surface area (Å²) in [7, 11) is -4.15. The summed E-state index contributed by atoms with van der Waals surface area (Å²) in [5.74, 6) is -1.39. The van der Waals surface area contributed by atoms with E-state index in [1.165, 1.54) is 6.07 Å². The van der Waals surface area contributed by atoms with E-state index in [1.54, 1.807) is 42.5 Å². The molecule has 1 fully saturated rings. The van der Waals surface area contributed by atoms with Gasteiger partial charge in [-0.05, 0) is 11.6 Å². The number of hydrogen-bond acceptors (Lipinski definition) is 4. The second kappa shape index (κ2) is 7.37. The minimum atomic E-state index is -4.15. The van der Waals surface area contributed by atoms with Crippen LogP contribution in [0.4, 0.5) is 4.79 Å². The summed E-state index contributed by atoms with van der Waals surface area (Å²) in [6, 6.07) is 13.8. The highest BCUT2D eigenvalue weighted by atomic mass is 32.2. The molecule has 0 saturated carbocycles. The van der Waals surface area contributed by atoms with Crippen LogP contribution in [0.2, 0.25) is 0 Å². The van der Waals surface area contributed by atoms with Gasteiger partial charge in [-0.2, -0.15) is 4.31 Å². The van der Waals surface area contributed by atoms with Gasteiger partial charge in [-0.1, -0.05) is 48.5 Å². The fourth-order valence-corrected chi connectivity index (χ4v) is 4.88. The van der Waals surface area contributed by atoms with E-state index in [2.05, 4.69) is 0 Å². The SMILES string of the molecule is O=C(O)C1CN(C(=O)O)CCN1S(=O)(=O)c1ccccc1-c1ccccc1. The molecule has 0 radical (unpaired) electrons. The number of sulfonamides is 1. The van der Waals surface area contributed by atoms with E-state index < -0.39 is 34.7 Å². The zero-order valence-electron chi connectivity index (χ0n) is 14.2.